The van der Waals surface area contributed by atoms with Crippen LogP contribution in [0.25, 0.3) is 0 Å². The Bertz CT molecular complexity index is 1050. The van der Waals surface area contributed by atoms with E-state index in [1.807, 2.05) is 18.2 Å². The van der Waals surface area contributed by atoms with E-state index in [1.165, 1.54) is 64.2 Å². The summed E-state index contributed by atoms with van der Waals surface area (Å²) in [4.78, 5) is 42.9. The van der Waals surface area contributed by atoms with Crippen molar-refractivity contribution in [3.8, 4) is 0 Å². The minimum atomic E-state index is -4.84. The number of allylic oxidation sites excluding steroid dienone is 7. The summed E-state index contributed by atoms with van der Waals surface area (Å²) in [6, 6.07) is 0. The lowest BCUT2D eigenvalue weighted by atomic mass is 10.0. The summed E-state index contributed by atoms with van der Waals surface area (Å²) >= 11 is 0. The molecule has 0 saturated heterocycles. The Labute approximate surface area is 321 Å². The summed E-state index contributed by atoms with van der Waals surface area (Å²) in [5, 5.41) is 20.5. The molecule has 0 aliphatic heterocycles. The number of ether oxygens (including phenoxy) is 2. The molecule has 4 N–H and O–H groups in total. The van der Waals surface area contributed by atoms with Gasteiger partial charge in [-0.05, 0) is 57.3 Å². The third-order valence-corrected chi connectivity index (χ3v) is 9.23. The molecule has 0 unspecified atom stereocenters. The second kappa shape index (κ2) is 35.6. The highest BCUT2D eigenvalue weighted by Gasteiger charge is 2.23. The summed E-state index contributed by atoms with van der Waals surface area (Å²) in [5.41, 5.74) is 0. The number of hydrogen-bond donors (Lipinski definition) is 4. The summed E-state index contributed by atoms with van der Waals surface area (Å²) in [5.74, 6) is -0.360. The predicted molar refractivity (Wildman–Crippen MR) is 214 cm³/mol. The molecule has 0 amide bonds. The number of hydrogen-bond acceptors (Lipinski definition) is 8. The third kappa shape index (κ3) is 38.0. The number of phosphoric ester groups is 1. The number of aliphatic hydroxyl groups excluding tert-OH is 2. The number of aliphatic hydroxyl groups is 2. The van der Waals surface area contributed by atoms with E-state index < -0.39 is 51.3 Å². The van der Waals surface area contributed by atoms with Gasteiger partial charge in [0, 0.05) is 12.8 Å². The Kier molecular flexibility index (Phi) is 34.2. The lowest BCUT2D eigenvalue weighted by Gasteiger charge is -2.19. The lowest BCUT2D eigenvalue weighted by molar-refractivity contribution is -0.161. The molecular weight excluding hydrogens is 695 g/mol. The van der Waals surface area contributed by atoms with Crippen molar-refractivity contribution in [2.75, 3.05) is 13.2 Å². The molecule has 0 aromatic rings. The van der Waals surface area contributed by atoms with E-state index in [-0.39, 0.29) is 32.1 Å². The van der Waals surface area contributed by atoms with Crippen LogP contribution in [0.5, 0.6) is 0 Å². The molecule has 0 fully saturated rings. The monoisotopic (exact) mass is 771 g/mol. The van der Waals surface area contributed by atoms with Crippen LogP contribution in [-0.2, 0) is 28.2 Å². The minimum Gasteiger partial charge on any atom is -0.462 e. The minimum absolute atomic E-state index is 0.104. The van der Waals surface area contributed by atoms with Gasteiger partial charge in [0.2, 0.25) is 0 Å². The molecule has 0 radical (unpaired) electrons. The summed E-state index contributed by atoms with van der Waals surface area (Å²) in [6.07, 6.45) is 34.4. The summed E-state index contributed by atoms with van der Waals surface area (Å²) in [7, 11) is -4.84. The van der Waals surface area contributed by atoms with Crippen molar-refractivity contribution in [1.82, 2.24) is 0 Å². The molecule has 0 spiro atoms. The van der Waals surface area contributed by atoms with Crippen molar-refractivity contribution in [2.24, 2.45) is 5.92 Å². The van der Waals surface area contributed by atoms with Crippen LogP contribution in [0.4, 0.5) is 0 Å². The molecular formula is C42H75O10P. The van der Waals surface area contributed by atoms with Crippen LogP contribution in [0, 0.1) is 5.92 Å². The van der Waals surface area contributed by atoms with Gasteiger partial charge in [0.05, 0.1) is 18.8 Å². The third-order valence-electron chi connectivity index (χ3n) is 8.74. The quantitative estimate of drug-likeness (QED) is 0.0209. The Morgan fingerprint density at radius 3 is 1.57 bits per heavy atom. The van der Waals surface area contributed by atoms with E-state index in [9.17, 15) is 24.4 Å². The Morgan fingerprint density at radius 2 is 1.06 bits per heavy atom. The molecule has 3 atom stereocenters. The zero-order valence-electron chi connectivity index (χ0n) is 33.3. The van der Waals surface area contributed by atoms with Crippen LogP contribution in [0.3, 0.4) is 0 Å². The van der Waals surface area contributed by atoms with Gasteiger partial charge >= 0.3 is 19.8 Å². The van der Waals surface area contributed by atoms with Crippen LogP contribution in [0.2, 0.25) is 0 Å². The summed E-state index contributed by atoms with van der Waals surface area (Å²) < 4.78 is 26.2. The SMILES string of the molecule is CC/C=C\C/C=C\C/C=C\C/C=C\C[C@@H](O)[C@H](O)CCCC(=O)O[C@H](COC(=O)CCCCCCCCCCCCCCCC(C)C)COP(=O)(O)O. The molecule has 0 heterocycles. The zero-order chi connectivity index (χ0) is 39.4. The van der Waals surface area contributed by atoms with Crippen LogP contribution in [0.15, 0.2) is 48.6 Å². The molecule has 53 heavy (non-hydrogen) atoms. The largest absolute Gasteiger partial charge is 0.469 e. The maximum atomic E-state index is 12.4. The molecule has 10 nitrogen and oxygen atoms in total. The number of rotatable bonds is 36. The molecule has 0 aliphatic carbocycles. The van der Waals surface area contributed by atoms with Gasteiger partial charge in [-0.2, -0.15) is 0 Å². The van der Waals surface area contributed by atoms with Gasteiger partial charge in [-0.3, -0.25) is 14.1 Å². The molecule has 0 aliphatic rings. The van der Waals surface area contributed by atoms with Crippen molar-refractivity contribution in [1.29, 1.82) is 0 Å². The van der Waals surface area contributed by atoms with Crippen LogP contribution < -0.4 is 0 Å². The topological polar surface area (TPSA) is 160 Å². The normalized spacial score (nSPS) is 14.3. The average Bonchev–Trinajstić information content (AvgIpc) is 3.10. The average molecular weight is 771 g/mol. The fourth-order valence-electron chi connectivity index (χ4n) is 5.59. The first-order chi connectivity index (χ1) is 25.4. The number of carbonyl (C=O) groups excluding carboxylic acids is 2. The number of esters is 2. The second-order valence-electron chi connectivity index (χ2n) is 14.4. The van der Waals surface area contributed by atoms with Gasteiger partial charge in [-0.15, -0.1) is 0 Å². The van der Waals surface area contributed by atoms with E-state index in [1.54, 1.807) is 0 Å². The van der Waals surface area contributed by atoms with Crippen molar-refractivity contribution < 1.29 is 48.2 Å². The van der Waals surface area contributed by atoms with Crippen LogP contribution in [-0.4, -0.2) is 63.5 Å². The first kappa shape index (κ1) is 50.9. The molecule has 308 valence electrons. The fraction of sp³-hybridized carbons (Fsp3) is 0.762. The first-order valence-corrected chi connectivity index (χ1v) is 22.0. The van der Waals surface area contributed by atoms with E-state index in [0.717, 1.165) is 50.9 Å². The van der Waals surface area contributed by atoms with E-state index in [0.29, 0.717) is 6.42 Å². The highest BCUT2D eigenvalue weighted by molar-refractivity contribution is 7.46. The molecule has 0 rings (SSSR count). The van der Waals surface area contributed by atoms with Crippen molar-refractivity contribution in [2.45, 2.75) is 187 Å². The Morgan fingerprint density at radius 1 is 0.585 bits per heavy atom. The first-order valence-electron chi connectivity index (χ1n) is 20.5. The van der Waals surface area contributed by atoms with Gasteiger partial charge in [0.1, 0.15) is 6.61 Å². The van der Waals surface area contributed by atoms with Crippen LogP contribution in [0.1, 0.15) is 168 Å². The van der Waals surface area contributed by atoms with E-state index in [2.05, 4.69) is 55.7 Å². The van der Waals surface area contributed by atoms with Crippen molar-refractivity contribution in [3.05, 3.63) is 48.6 Å². The van der Waals surface area contributed by atoms with E-state index in [4.69, 9.17) is 19.3 Å². The van der Waals surface area contributed by atoms with Crippen molar-refractivity contribution >= 4 is 19.8 Å². The zero-order valence-corrected chi connectivity index (χ0v) is 34.2. The van der Waals surface area contributed by atoms with Gasteiger partial charge in [-0.25, -0.2) is 4.57 Å². The van der Waals surface area contributed by atoms with E-state index >= 15 is 0 Å². The van der Waals surface area contributed by atoms with Crippen LogP contribution >= 0.6 is 7.82 Å². The molecule has 0 aromatic heterocycles. The molecule has 0 bridgehead atoms. The highest BCUT2D eigenvalue weighted by atomic mass is 31.2. The summed E-state index contributed by atoms with van der Waals surface area (Å²) in [6.45, 7) is 5.65. The second-order valence-corrected chi connectivity index (χ2v) is 15.6. The fourth-order valence-corrected chi connectivity index (χ4v) is 5.95. The smallest absolute Gasteiger partial charge is 0.462 e. The van der Waals surface area contributed by atoms with Gasteiger partial charge in [-0.1, -0.05) is 153 Å². The molecule has 0 aromatic carbocycles. The maximum Gasteiger partial charge on any atom is 0.469 e. The number of unbranched alkanes of at least 4 members (excludes halogenated alkanes) is 12. The Hall–Kier alpha value is -2.07. The maximum absolute atomic E-state index is 12.4. The van der Waals surface area contributed by atoms with Crippen molar-refractivity contribution in [3.63, 3.8) is 0 Å². The van der Waals surface area contributed by atoms with Gasteiger partial charge < -0.3 is 29.5 Å². The number of phosphoric acid groups is 1. The predicted octanol–water partition coefficient (Wildman–Crippen LogP) is 10.1. The Balaban J connectivity index is 4.18. The lowest BCUT2D eigenvalue weighted by Crippen LogP contribution is -2.30. The highest BCUT2D eigenvalue weighted by Crippen LogP contribution is 2.36. The molecule has 11 heteroatoms. The molecule has 0 saturated carbocycles. The number of carbonyl (C=O) groups is 2. The van der Waals surface area contributed by atoms with Gasteiger partial charge in [0.15, 0.2) is 6.10 Å². The standard InChI is InChI=1S/C42H75O10P/c1-4-5-6-7-8-9-10-15-18-21-24-27-31-39(43)40(44)32-29-34-42(46)52-38(36-51-53(47,48)49)35-50-41(45)33-28-25-22-19-16-13-11-12-14-17-20-23-26-30-37(2)3/h5-6,8-9,15,18,24,27,37-40,43-44H,4,7,10-14,16-17,19-23,25-26,28-36H2,1-3H3,(H2,47,48,49)/b6-5-,9-8-,18-15-,27-24-/t38-,39-,40-/m1/s1. The van der Waals surface area contributed by atoms with Gasteiger partial charge in [0.25, 0.3) is 0 Å².